The van der Waals surface area contributed by atoms with Gasteiger partial charge in [-0.25, -0.2) is 12.9 Å². The molecule has 0 saturated heterocycles. The van der Waals surface area contributed by atoms with Gasteiger partial charge in [-0.3, -0.25) is 4.72 Å². The SMILES string of the molecule is Cc1ccc(C(C)(C)c2ccc(OCc3ccn4nc(NS(C)(=O)=O)nc4c3)cc2)cc1. The van der Waals surface area contributed by atoms with E-state index < -0.39 is 10.0 Å². The van der Waals surface area contributed by atoms with Crippen LogP contribution in [0.1, 0.15) is 36.1 Å². The summed E-state index contributed by atoms with van der Waals surface area (Å²) in [6.07, 6.45) is 2.78. The molecule has 0 amide bonds. The van der Waals surface area contributed by atoms with Gasteiger partial charge in [0.05, 0.1) is 6.26 Å². The van der Waals surface area contributed by atoms with E-state index in [1.807, 2.05) is 24.3 Å². The fourth-order valence-corrected chi connectivity index (χ4v) is 3.91. The molecule has 0 spiro atoms. The van der Waals surface area contributed by atoms with Crippen LogP contribution in [0.15, 0.2) is 66.9 Å². The molecule has 2 aromatic carbocycles. The summed E-state index contributed by atoms with van der Waals surface area (Å²) in [4.78, 5) is 4.19. The second-order valence-corrected chi connectivity index (χ2v) is 10.2. The van der Waals surface area contributed by atoms with E-state index in [2.05, 4.69) is 72.0 Å². The molecule has 2 heterocycles. The molecule has 0 bridgehead atoms. The molecule has 4 aromatic rings. The average Bonchev–Trinajstić information content (AvgIpc) is 3.12. The number of aromatic nitrogens is 3. The lowest BCUT2D eigenvalue weighted by molar-refractivity contribution is 0.306. The van der Waals surface area contributed by atoms with Gasteiger partial charge < -0.3 is 4.74 Å². The zero-order valence-corrected chi connectivity index (χ0v) is 19.3. The number of hydrogen-bond acceptors (Lipinski definition) is 5. The highest BCUT2D eigenvalue weighted by atomic mass is 32.2. The Morgan fingerprint density at radius 2 is 1.62 bits per heavy atom. The summed E-state index contributed by atoms with van der Waals surface area (Å²) in [5.74, 6) is 0.812. The number of ether oxygens (including phenoxy) is 1. The largest absolute Gasteiger partial charge is 0.489 e. The van der Waals surface area contributed by atoms with Crippen molar-refractivity contribution in [2.24, 2.45) is 0 Å². The first kappa shape index (κ1) is 21.8. The summed E-state index contributed by atoms with van der Waals surface area (Å²) in [6, 6.07) is 20.5. The molecular weight excluding hydrogens is 424 g/mol. The first-order valence-corrected chi connectivity index (χ1v) is 12.1. The Bertz CT molecular complexity index is 1340. The van der Waals surface area contributed by atoms with E-state index >= 15 is 0 Å². The third kappa shape index (κ3) is 4.91. The van der Waals surface area contributed by atoms with Crippen LogP contribution in [-0.2, 0) is 22.0 Å². The molecule has 0 atom stereocenters. The van der Waals surface area contributed by atoms with Gasteiger partial charge in [0.25, 0.3) is 5.95 Å². The Hall–Kier alpha value is -3.39. The van der Waals surface area contributed by atoms with Crippen LogP contribution in [0.25, 0.3) is 5.65 Å². The molecule has 0 unspecified atom stereocenters. The molecule has 166 valence electrons. The molecule has 0 fully saturated rings. The van der Waals surface area contributed by atoms with Crippen molar-refractivity contribution in [1.82, 2.24) is 14.6 Å². The number of nitrogens with one attached hydrogen (secondary N) is 1. The predicted octanol–water partition coefficient (Wildman–Crippen LogP) is 4.31. The molecule has 2 aromatic heterocycles. The van der Waals surface area contributed by atoms with Crippen molar-refractivity contribution in [1.29, 1.82) is 0 Å². The van der Waals surface area contributed by atoms with Gasteiger partial charge in [-0.2, -0.15) is 4.98 Å². The van der Waals surface area contributed by atoms with Gasteiger partial charge in [-0.15, -0.1) is 5.10 Å². The van der Waals surface area contributed by atoms with Crippen LogP contribution in [0.4, 0.5) is 5.95 Å². The number of anilines is 1. The van der Waals surface area contributed by atoms with Crippen LogP contribution < -0.4 is 9.46 Å². The van der Waals surface area contributed by atoms with Gasteiger partial charge in [0.1, 0.15) is 12.4 Å². The molecule has 1 N–H and O–H groups in total. The minimum Gasteiger partial charge on any atom is -0.489 e. The molecule has 0 aliphatic heterocycles. The maximum absolute atomic E-state index is 11.4. The fourth-order valence-electron chi connectivity index (χ4n) is 3.49. The maximum atomic E-state index is 11.4. The summed E-state index contributed by atoms with van der Waals surface area (Å²) in [5, 5.41) is 4.09. The molecule has 7 nitrogen and oxygen atoms in total. The quantitative estimate of drug-likeness (QED) is 0.453. The number of benzene rings is 2. The monoisotopic (exact) mass is 450 g/mol. The Morgan fingerprint density at radius 1 is 1.00 bits per heavy atom. The highest BCUT2D eigenvalue weighted by Crippen LogP contribution is 2.32. The second kappa shape index (κ2) is 8.27. The van der Waals surface area contributed by atoms with Crippen LogP contribution in [0.5, 0.6) is 5.75 Å². The van der Waals surface area contributed by atoms with Crippen molar-refractivity contribution < 1.29 is 13.2 Å². The first-order valence-electron chi connectivity index (χ1n) is 10.2. The van der Waals surface area contributed by atoms with Crippen molar-refractivity contribution in [3.05, 3.63) is 89.1 Å². The maximum Gasteiger partial charge on any atom is 0.256 e. The van der Waals surface area contributed by atoms with E-state index in [1.165, 1.54) is 21.2 Å². The van der Waals surface area contributed by atoms with Gasteiger partial charge in [0.15, 0.2) is 5.65 Å². The lowest BCUT2D eigenvalue weighted by atomic mass is 9.78. The highest BCUT2D eigenvalue weighted by molar-refractivity contribution is 7.91. The second-order valence-electron chi connectivity index (χ2n) is 8.45. The van der Waals surface area contributed by atoms with E-state index in [0.29, 0.717) is 12.3 Å². The van der Waals surface area contributed by atoms with Gasteiger partial charge in [-0.05, 0) is 47.9 Å². The fraction of sp³-hybridized carbons (Fsp3) is 0.250. The molecular formula is C24H26N4O3S. The molecule has 0 radical (unpaired) electrons. The molecule has 0 aliphatic carbocycles. The number of hydrogen-bond donors (Lipinski definition) is 1. The third-order valence-electron chi connectivity index (χ3n) is 5.43. The van der Waals surface area contributed by atoms with Gasteiger partial charge in [-0.1, -0.05) is 55.8 Å². The van der Waals surface area contributed by atoms with Crippen LogP contribution in [0.2, 0.25) is 0 Å². The van der Waals surface area contributed by atoms with Crippen LogP contribution in [0, 0.1) is 6.92 Å². The summed E-state index contributed by atoms with van der Waals surface area (Å²) >= 11 is 0. The van der Waals surface area contributed by atoms with E-state index in [1.54, 1.807) is 6.20 Å². The summed E-state index contributed by atoms with van der Waals surface area (Å²) in [5.41, 5.74) is 5.06. The number of aryl methyl sites for hydroxylation is 1. The minimum atomic E-state index is -3.43. The van der Waals surface area contributed by atoms with Crippen molar-refractivity contribution in [3.8, 4) is 5.75 Å². The minimum absolute atomic E-state index is 0.0392. The summed E-state index contributed by atoms with van der Waals surface area (Å²) in [6.45, 7) is 6.89. The number of pyridine rings is 1. The standard InChI is InChI=1S/C24H26N4O3S/c1-17-5-7-19(8-6-17)24(2,3)20-9-11-21(12-10-20)31-16-18-13-14-28-22(15-18)25-23(26-28)27-32(4,29)30/h5-15H,16H2,1-4H3,(H,26,27). The van der Waals surface area contributed by atoms with Gasteiger partial charge >= 0.3 is 0 Å². The average molecular weight is 451 g/mol. The topological polar surface area (TPSA) is 85.6 Å². The predicted molar refractivity (Wildman–Crippen MR) is 126 cm³/mol. The molecule has 32 heavy (non-hydrogen) atoms. The van der Waals surface area contributed by atoms with Crippen molar-refractivity contribution >= 4 is 21.6 Å². The van der Waals surface area contributed by atoms with Crippen LogP contribution in [0.3, 0.4) is 0 Å². The Kier molecular flexibility index (Phi) is 5.64. The Labute approximate surface area is 188 Å². The van der Waals surface area contributed by atoms with E-state index in [4.69, 9.17) is 4.74 Å². The lowest BCUT2D eigenvalue weighted by Gasteiger charge is -2.26. The first-order chi connectivity index (χ1) is 15.1. The molecule has 0 saturated carbocycles. The zero-order chi connectivity index (χ0) is 22.9. The molecule has 0 aliphatic rings. The summed E-state index contributed by atoms with van der Waals surface area (Å²) < 4.78 is 32.5. The van der Waals surface area contributed by atoms with Crippen molar-refractivity contribution in [2.45, 2.75) is 32.8 Å². The third-order valence-corrected chi connectivity index (χ3v) is 5.99. The van der Waals surface area contributed by atoms with Crippen molar-refractivity contribution in [2.75, 3.05) is 11.0 Å². The van der Waals surface area contributed by atoms with Crippen LogP contribution >= 0.6 is 0 Å². The van der Waals surface area contributed by atoms with Crippen molar-refractivity contribution in [3.63, 3.8) is 0 Å². The zero-order valence-electron chi connectivity index (χ0n) is 18.5. The molecule has 8 heteroatoms. The van der Waals surface area contributed by atoms with E-state index in [-0.39, 0.29) is 11.4 Å². The highest BCUT2D eigenvalue weighted by Gasteiger charge is 2.22. The smallest absolute Gasteiger partial charge is 0.256 e. The molecule has 4 rings (SSSR count). The Morgan fingerprint density at radius 3 is 2.25 bits per heavy atom. The van der Waals surface area contributed by atoms with Gasteiger partial charge in [0, 0.05) is 11.6 Å². The van der Waals surface area contributed by atoms with Gasteiger partial charge in [0.2, 0.25) is 10.0 Å². The van der Waals surface area contributed by atoms with E-state index in [9.17, 15) is 8.42 Å². The normalized spacial score (nSPS) is 12.1. The lowest BCUT2D eigenvalue weighted by Crippen LogP contribution is -2.18. The van der Waals surface area contributed by atoms with E-state index in [0.717, 1.165) is 17.6 Å². The number of fused-ring (bicyclic) bond motifs is 1. The Balaban J connectivity index is 1.45. The van der Waals surface area contributed by atoms with Crippen LogP contribution in [-0.4, -0.2) is 29.3 Å². The number of sulfonamides is 1. The number of rotatable bonds is 7. The number of nitrogens with zero attached hydrogens (tertiary/aromatic N) is 3. The summed E-state index contributed by atoms with van der Waals surface area (Å²) in [7, 11) is -3.43.